The molecule has 3 N–H and O–H groups in total. The zero-order valence-corrected chi connectivity index (χ0v) is 6.27. The molecule has 3 nitrogen and oxygen atoms in total. The molecule has 4 heteroatoms. The van der Waals surface area contributed by atoms with E-state index < -0.39 is 0 Å². The van der Waals surface area contributed by atoms with Gasteiger partial charge < -0.3 is 0 Å². The standard InChI is InChI=1S/C6H9N3S/c1-2-5(9-7)6-3-10-4-8-6/h2-5,9H,1,7H2. The number of thiazole rings is 1. The van der Waals surface area contributed by atoms with Gasteiger partial charge in [0, 0.05) is 5.38 Å². The zero-order chi connectivity index (χ0) is 7.40. The Balaban J connectivity index is 2.73. The van der Waals surface area contributed by atoms with E-state index in [1.54, 1.807) is 22.9 Å². The first-order chi connectivity index (χ1) is 4.88. The Morgan fingerprint density at radius 3 is 3.10 bits per heavy atom. The molecule has 0 saturated heterocycles. The molecule has 1 unspecified atom stereocenters. The van der Waals surface area contributed by atoms with Crippen LogP contribution in [0.4, 0.5) is 0 Å². The summed E-state index contributed by atoms with van der Waals surface area (Å²) in [4.78, 5) is 4.06. The number of hydrogen-bond acceptors (Lipinski definition) is 4. The summed E-state index contributed by atoms with van der Waals surface area (Å²) in [5.41, 5.74) is 5.27. The maximum absolute atomic E-state index is 5.22. The van der Waals surface area contributed by atoms with Gasteiger partial charge in [-0.2, -0.15) is 0 Å². The van der Waals surface area contributed by atoms with Crippen molar-refractivity contribution < 1.29 is 0 Å². The minimum absolute atomic E-state index is 0.0220. The summed E-state index contributed by atoms with van der Waals surface area (Å²) in [7, 11) is 0. The molecule has 0 spiro atoms. The molecule has 1 heterocycles. The lowest BCUT2D eigenvalue weighted by Gasteiger charge is -2.05. The topological polar surface area (TPSA) is 50.9 Å². The van der Waals surface area contributed by atoms with Gasteiger partial charge in [-0.15, -0.1) is 17.9 Å². The van der Waals surface area contributed by atoms with Gasteiger partial charge >= 0.3 is 0 Å². The zero-order valence-electron chi connectivity index (χ0n) is 5.45. The van der Waals surface area contributed by atoms with Gasteiger partial charge in [0.15, 0.2) is 0 Å². The van der Waals surface area contributed by atoms with E-state index in [0.717, 1.165) is 5.69 Å². The first-order valence-corrected chi connectivity index (χ1v) is 3.79. The van der Waals surface area contributed by atoms with Crippen LogP contribution in [-0.2, 0) is 0 Å². The third-order valence-corrected chi connectivity index (χ3v) is 1.79. The summed E-state index contributed by atoms with van der Waals surface area (Å²) >= 11 is 1.54. The average molecular weight is 155 g/mol. The van der Waals surface area contributed by atoms with Crippen LogP contribution in [0, 0.1) is 0 Å². The van der Waals surface area contributed by atoms with Crippen LogP contribution < -0.4 is 11.3 Å². The summed E-state index contributed by atoms with van der Waals surface area (Å²) in [5, 5.41) is 1.94. The average Bonchev–Trinajstić information content (AvgIpc) is 2.43. The van der Waals surface area contributed by atoms with Crippen molar-refractivity contribution in [1.29, 1.82) is 0 Å². The summed E-state index contributed by atoms with van der Waals surface area (Å²) in [6.45, 7) is 3.61. The van der Waals surface area contributed by atoms with Crippen LogP contribution in [0.3, 0.4) is 0 Å². The van der Waals surface area contributed by atoms with E-state index in [1.807, 2.05) is 5.38 Å². The van der Waals surface area contributed by atoms with Gasteiger partial charge in [-0.05, 0) is 0 Å². The molecule has 0 saturated carbocycles. The molecule has 10 heavy (non-hydrogen) atoms. The van der Waals surface area contributed by atoms with Crippen molar-refractivity contribution in [1.82, 2.24) is 10.4 Å². The van der Waals surface area contributed by atoms with Crippen molar-refractivity contribution in [2.24, 2.45) is 5.84 Å². The molecule has 1 rings (SSSR count). The predicted molar refractivity (Wildman–Crippen MR) is 42.4 cm³/mol. The SMILES string of the molecule is C=CC(NN)c1cscn1. The first-order valence-electron chi connectivity index (χ1n) is 2.85. The second-order valence-corrected chi connectivity index (χ2v) is 2.51. The van der Waals surface area contributed by atoms with Crippen LogP contribution >= 0.6 is 11.3 Å². The first kappa shape index (κ1) is 7.40. The highest BCUT2D eigenvalue weighted by molar-refractivity contribution is 7.07. The Morgan fingerprint density at radius 1 is 1.90 bits per heavy atom. The molecular formula is C6H9N3S. The number of aromatic nitrogens is 1. The molecule has 0 amide bonds. The van der Waals surface area contributed by atoms with E-state index in [9.17, 15) is 0 Å². The predicted octanol–water partition coefficient (Wildman–Crippen LogP) is 0.833. The van der Waals surface area contributed by atoms with Gasteiger partial charge in [-0.1, -0.05) is 6.08 Å². The van der Waals surface area contributed by atoms with E-state index in [0.29, 0.717) is 0 Å². The molecule has 1 aromatic heterocycles. The fraction of sp³-hybridized carbons (Fsp3) is 0.167. The largest absolute Gasteiger partial charge is 0.271 e. The normalized spacial score (nSPS) is 12.9. The maximum Gasteiger partial charge on any atom is 0.0818 e. The van der Waals surface area contributed by atoms with Crippen molar-refractivity contribution in [2.75, 3.05) is 0 Å². The third kappa shape index (κ3) is 1.41. The van der Waals surface area contributed by atoms with Crippen LogP contribution in [0.25, 0.3) is 0 Å². The highest BCUT2D eigenvalue weighted by Gasteiger charge is 2.04. The van der Waals surface area contributed by atoms with E-state index >= 15 is 0 Å². The molecule has 0 radical (unpaired) electrons. The molecule has 1 atom stereocenters. The number of hydrogen-bond donors (Lipinski definition) is 2. The monoisotopic (exact) mass is 155 g/mol. The van der Waals surface area contributed by atoms with Gasteiger partial charge in [0.25, 0.3) is 0 Å². The van der Waals surface area contributed by atoms with Crippen LogP contribution in [0.1, 0.15) is 11.7 Å². The second kappa shape index (κ2) is 3.46. The summed E-state index contributed by atoms with van der Waals surface area (Å²) in [6, 6.07) is -0.0220. The van der Waals surface area contributed by atoms with E-state index in [4.69, 9.17) is 5.84 Å². The van der Waals surface area contributed by atoms with Crippen LogP contribution in [0.5, 0.6) is 0 Å². The molecule has 0 aliphatic heterocycles. The molecule has 54 valence electrons. The van der Waals surface area contributed by atoms with Gasteiger partial charge in [0.2, 0.25) is 0 Å². The number of rotatable bonds is 3. The fourth-order valence-corrected chi connectivity index (χ4v) is 1.24. The van der Waals surface area contributed by atoms with Gasteiger partial charge in [-0.3, -0.25) is 5.84 Å². The highest BCUT2D eigenvalue weighted by Crippen LogP contribution is 2.11. The van der Waals surface area contributed by atoms with Crippen molar-refractivity contribution in [3.8, 4) is 0 Å². The minimum Gasteiger partial charge on any atom is -0.271 e. The van der Waals surface area contributed by atoms with E-state index in [2.05, 4.69) is 17.0 Å². The fourth-order valence-electron chi connectivity index (χ4n) is 0.650. The van der Waals surface area contributed by atoms with Crippen molar-refractivity contribution in [3.63, 3.8) is 0 Å². The summed E-state index contributed by atoms with van der Waals surface area (Å²) in [6.07, 6.45) is 1.72. The van der Waals surface area contributed by atoms with Crippen molar-refractivity contribution in [3.05, 3.63) is 29.2 Å². The number of nitrogens with two attached hydrogens (primary N) is 1. The Bertz CT molecular complexity index is 195. The van der Waals surface area contributed by atoms with Gasteiger partial charge in [0.05, 0.1) is 17.2 Å². The van der Waals surface area contributed by atoms with Crippen LogP contribution in [-0.4, -0.2) is 4.98 Å². The minimum atomic E-state index is -0.0220. The van der Waals surface area contributed by atoms with Crippen LogP contribution in [0.15, 0.2) is 23.5 Å². The lowest BCUT2D eigenvalue weighted by atomic mass is 10.2. The number of nitrogens with one attached hydrogen (secondary N) is 1. The molecule has 0 aromatic carbocycles. The van der Waals surface area contributed by atoms with Gasteiger partial charge in [0.1, 0.15) is 0 Å². The highest BCUT2D eigenvalue weighted by atomic mass is 32.1. The third-order valence-electron chi connectivity index (χ3n) is 1.19. The Labute approximate surface area is 63.6 Å². The van der Waals surface area contributed by atoms with E-state index in [1.165, 1.54) is 0 Å². The van der Waals surface area contributed by atoms with Crippen LogP contribution in [0.2, 0.25) is 0 Å². The summed E-state index contributed by atoms with van der Waals surface area (Å²) in [5.74, 6) is 5.22. The molecule has 1 aromatic rings. The molecular weight excluding hydrogens is 146 g/mol. The number of nitrogens with zero attached hydrogens (tertiary/aromatic N) is 1. The Kier molecular flexibility index (Phi) is 2.56. The maximum atomic E-state index is 5.22. The molecule has 0 aliphatic rings. The quantitative estimate of drug-likeness (QED) is 0.386. The Hall–Kier alpha value is -0.710. The lowest BCUT2D eigenvalue weighted by molar-refractivity contribution is 0.643. The smallest absolute Gasteiger partial charge is 0.0818 e. The summed E-state index contributed by atoms with van der Waals surface area (Å²) < 4.78 is 0. The van der Waals surface area contributed by atoms with Gasteiger partial charge in [-0.25, -0.2) is 10.4 Å². The lowest BCUT2D eigenvalue weighted by Crippen LogP contribution is -2.26. The number of hydrazine groups is 1. The molecule has 0 aliphatic carbocycles. The second-order valence-electron chi connectivity index (χ2n) is 1.79. The molecule has 0 bridgehead atoms. The van der Waals surface area contributed by atoms with Crippen molar-refractivity contribution >= 4 is 11.3 Å². The Morgan fingerprint density at radius 2 is 2.70 bits per heavy atom. The molecule has 0 fully saturated rings. The van der Waals surface area contributed by atoms with Crippen molar-refractivity contribution in [2.45, 2.75) is 6.04 Å². The van der Waals surface area contributed by atoms with E-state index in [-0.39, 0.29) is 6.04 Å².